The number of aromatic carboxylic acids is 1. The van der Waals surface area contributed by atoms with Gasteiger partial charge in [-0.05, 0) is 18.2 Å². The number of aromatic nitrogens is 3. The minimum absolute atomic E-state index is 0.119. The van der Waals surface area contributed by atoms with Crippen LogP contribution in [-0.2, 0) is 10.0 Å². The van der Waals surface area contributed by atoms with E-state index >= 15 is 0 Å². The predicted octanol–water partition coefficient (Wildman–Crippen LogP) is 1.02. The summed E-state index contributed by atoms with van der Waals surface area (Å²) < 4.78 is 26.3. The maximum absolute atomic E-state index is 12.1. The Hall–Kier alpha value is -2.26. The van der Waals surface area contributed by atoms with Gasteiger partial charge in [0.05, 0.1) is 23.0 Å². The quantitative estimate of drug-likeness (QED) is 0.863. The van der Waals surface area contributed by atoms with Gasteiger partial charge in [-0.1, -0.05) is 11.6 Å². The van der Waals surface area contributed by atoms with Crippen LogP contribution in [0.15, 0.2) is 35.5 Å². The molecule has 0 saturated heterocycles. The molecular formula is C10H7ClN4O4S. The van der Waals surface area contributed by atoms with E-state index < -0.39 is 16.0 Å². The smallest absolute Gasteiger partial charge is 0.335 e. The van der Waals surface area contributed by atoms with Gasteiger partial charge in [-0.3, -0.25) is 0 Å². The number of nitrogens with zero attached hydrogens (tertiary/aromatic N) is 3. The van der Waals surface area contributed by atoms with Crippen LogP contribution in [0.1, 0.15) is 10.4 Å². The van der Waals surface area contributed by atoms with E-state index in [1.165, 1.54) is 24.5 Å². The van der Waals surface area contributed by atoms with Crippen LogP contribution in [0.25, 0.3) is 0 Å². The topological polar surface area (TPSA) is 122 Å². The molecule has 0 unspecified atom stereocenters. The minimum Gasteiger partial charge on any atom is -0.478 e. The van der Waals surface area contributed by atoms with Crippen molar-refractivity contribution in [2.75, 3.05) is 4.72 Å². The maximum Gasteiger partial charge on any atom is 0.335 e. The van der Waals surface area contributed by atoms with Crippen molar-refractivity contribution < 1.29 is 18.3 Å². The molecule has 1 heterocycles. The SMILES string of the molecule is O=C(O)c1ccc(Cl)c(S(=O)(=O)Nc2nccnn2)c1. The van der Waals surface area contributed by atoms with Crippen molar-refractivity contribution in [2.24, 2.45) is 0 Å². The Morgan fingerprint density at radius 2 is 2.05 bits per heavy atom. The van der Waals surface area contributed by atoms with Gasteiger partial charge in [-0.15, -0.1) is 5.10 Å². The first-order valence-corrected chi connectivity index (χ1v) is 6.95. The van der Waals surface area contributed by atoms with Gasteiger partial charge in [0.1, 0.15) is 4.90 Å². The van der Waals surface area contributed by atoms with Crippen LogP contribution in [0.4, 0.5) is 5.95 Å². The van der Waals surface area contributed by atoms with Crippen LogP contribution in [0.2, 0.25) is 5.02 Å². The molecule has 1 aromatic carbocycles. The summed E-state index contributed by atoms with van der Waals surface area (Å²) in [5.74, 6) is -1.51. The molecule has 2 rings (SSSR count). The fourth-order valence-corrected chi connectivity index (χ4v) is 2.78. The lowest BCUT2D eigenvalue weighted by Crippen LogP contribution is -2.16. The summed E-state index contributed by atoms with van der Waals surface area (Å²) in [6, 6.07) is 3.33. The van der Waals surface area contributed by atoms with Crippen molar-refractivity contribution >= 4 is 33.5 Å². The van der Waals surface area contributed by atoms with Crippen molar-refractivity contribution in [1.82, 2.24) is 15.2 Å². The highest BCUT2D eigenvalue weighted by Crippen LogP contribution is 2.24. The zero-order valence-electron chi connectivity index (χ0n) is 9.69. The Morgan fingerprint density at radius 1 is 1.30 bits per heavy atom. The van der Waals surface area contributed by atoms with Crippen LogP contribution in [0.3, 0.4) is 0 Å². The van der Waals surface area contributed by atoms with Gasteiger partial charge in [-0.25, -0.2) is 22.9 Å². The molecule has 0 aliphatic heterocycles. The first-order chi connectivity index (χ1) is 9.40. The number of benzene rings is 1. The second kappa shape index (κ2) is 5.39. The molecule has 0 fully saturated rings. The lowest BCUT2D eigenvalue weighted by molar-refractivity contribution is 0.0696. The Bertz CT molecular complexity index is 751. The van der Waals surface area contributed by atoms with E-state index in [0.29, 0.717) is 0 Å². The number of rotatable bonds is 4. The molecule has 0 saturated carbocycles. The molecule has 0 radical (unpaired) electrons. The second-order valence-electron chi connectivity index (χ2n) is 3.52. The van der Waals surface area contributed by atoms with Crippen LogP contribution < -0.4 is 4.72 Å². The van der Waals surface area contributed by atoms with Gasteiger partial charge in [0.2, 0.25) is 0 Å². The van der Waals surface area contributed by atoms with Crippen molar-refractivity contribution in [3.8, 4) is 0 Å². The number of nitrogens with one attached hydrogen (secondary N) is 1. The van der Waals surface area contributed by atoms with E-state index in [1.54, 1.807) is 0 Å². The summed E-state index contributed by atoms with van der Waals surface area (Å²) in [6.07, 6.45) is 2.52. The highest BCUT2D eigenvalue weighted by Gasteiger charge is 2.21. The first-order valence-electron chi connectivity index (χ1n) is 5.09. The number of halogens is 1. The van der Waals surface area contributed by atoms with E-state index in [9.17, 15) is 13.2 Å². The molecule has 2 N–H and O–H groups in total. The average molecular weight is 315 g/mol. The normalized spacial score (nSPS) is 11.1. The fraction of sp³-hybridized carbons (Fsp3) is 0. The standard InChI is InChI=1S/C10H7ClN4O4S/c11-7-2-1-6(9(16)17)5-8(7)20(18,19)15-10-12-3-4-13-14-10/h1-5H,(H,16,17)(H,12,14,15). The molecule has 1 aromatic heterocycles. The number of anilines is 1. The predicted molar refractivity (Wildman–Crippen MR) is 69.0 cm³/mol. The van der Waals surface area contributed by atoms with E-state index in [4.69, 9.17) is 16.7 Å². The number of carbonyl (C=O) groups is 1. The third-order valence-electron chi connectivity index (χ3n) is 2.18. The van der Waals surface area contributed by atoms with E-state index in [1.807, 2.05) is 0 Å². The number of carboxylic acids is 1. The highest BCUT2D eigenvalue weighted by molar-refractivity contribution is 7.92. The summed E-state index contributed by atoms with van der Waals surface area (Å²) in [5, 5.41) is 15.7. The van der Waals surface area contributed by atoms with Crippen LogP contribution >= 0.6 is 11.6 Å². The summed E-state index contributed by atoms with van der Waals surface area (Å²) in [5.41, 5.74) is -0.207. The Morgan fingerprint density at radius 3 is 2.65 bits per heavy atom. The van der Waals surface area contributed by atoms with E-state index in [-0.39, 0.29) is 21.4 Å². The lowest BCUT2D eigenvalue weighted by Gasteiger charge is -2.08. The van der Waals surface area contributed by atoms with Gasteiger partial charge >= 0.3 is 5.97 Å². The van der Waals surface area contributed by atoms with Gasteiger partial charge in [0.25, 0.3) is 16.0 Å². The Labute approximate surface area is 118 Å². The second-order valence-corrected chi connectivity index (χ2v) is 5.58. The molecule has 0 atom stereocenters. The summed E-state index contributed by atoms with van der Waals surface area (Å²) in [7, 11) is -4.11. The zero-order chi connectivity index (χ0) is 14.8. The summed E-state index contributed by atoms with van der Waals surface area (Å²) >= 11 is 5.78. The molecular weight excluding hydrogens is 308 g/mol. The van der Waals surface area contributed by atoms with Crippen molar-refractivity contribution in [3.05, 3.63) is 41.2 Å². The maximum atomic E-state index is 12.1. The largest absolute Gasteiger partial charge is 0.478 e. The van der Waals surface area contributed by atoms with Crippen LogP contribution in [-0.4, -0.2) is 34.7 Å². The molecule has 0 amide bonds. The minimum atomic E-state index is -4.11. The molecule has 20 heavy (non-hydrogen) atoms. The van der Waals surface area contributed by atoms with Crippen molar-refractivity contribution in [2.45, 2.75) is 4.90 Å². The van der Waals surface area contributed by atoms with Crippen molar-refractivity contribution in [3.63, 3.8) is 0 Å². The zero-order valence-corrected chi connectivity index (χ0v) is 11.3. The van der Waals surface area contributed by atoms with Crippen molar-refractivity contribution in [1.29, 1.82) is 0 Å². The average Bonchev–Trinajstić information content (AvgIpc) is 2.39. The van der Waals surface area contributed by atoms with Gasteiger partial charge in [0.15, 0.2) is 0 Å². The van der Waals surface area contributed by atoms with Gasteiger partial charge < -0.3 is 5.11 Å². The molecule has 0 aliphatic rings. The number of carboxylic acid groups (broad SMARTS) is 1. The highest BCUT2D eigenvalue weighted by atomic mass is 35.5. The molecule has 0 aliphatic carbocycles. The Balaban J connectivity index is 2.44. The molecule has 0 spiro atoms. The molecule has 8 nitrogen and oxygen atoms in total. The fourth-order valence-electron chi connectivity index (χ4n) is 1.31. The number of hydrogen-bond donors (Lipinski definition) is 2. The number of hydrogen-bond acceptors (Lipinski definition) is 6. The Kier molecular flexibility index (Phi) is 3.81. The summed E-state index contributed by atoms with van der Waals surface area (Å²) in [4.78, 5) is 14.1. The molecule has 0 bridgehead atoms. The third-order valence-corrected chi connectivity index (χ3v) is 3.99. The first kappa shape index (κ1) is 14.2. The van der Waals surface area contributed by atoms with E-state index in [0.717, 1.165) is 6.07 Å². The molecule has 10 heteroatoms. The molecule has 104 valence electrons. The van der Waals surface area contributed by atoms with Crippen LogP contribution in [0, 0.1) is 0 Å². The van der Waals surface area contributed by atoms with Gasteiger partial charge in [0, 0.05) is 0 Å². The van der Waals surface area contributed by atoms with Crippen LogP contribution in [0.5, 0.6) is 0 Å². The van der Waals surface area contributed by atoms with E-state index in [2.05, 4.69) is 19.9 Å². The monoisotopic (exact) mass is 314 g/mol. The summed E-state index contributed by atoms with van der Waals surface area (Å²) in [6.45, 7) is 0. The third kappa shape index (κ3) is 3.00. The molecule has 2 aromatic rings. The van der Waals surface area contributed by atoms with Gasteiger partial charge in [-0.2, -0.15) is 5.10 Å². The lowest BCUT2D eigenvalue weighted by atomic mass is 10.2. The number of sulfonamides is 1.